The van der Waals surface area contributed by atoms with Gasteiger partial charge < -0.3 is 10.5 Å². The summed E-state index contributed by atoms with van der Waals surface area (Å²) in [7, 11) is 0. The van der Waals surface area contributed by atoms with Crippen LogP contribution in [0.1, 0.15) is 49.9 Å². The van der Waals surface area contributed by atoms with Crippen molar-refractivity contribution in [2.24, 2.45) is 5.73 Å². The van der Waals surface area contributed by atoms with Crippen LogP contribution in [0.3, 0.4) is 0 Å². The zero-order chi connectivity index (χ0) is 11.9. The van der Waals surface area contributed by atoms with E-state index in [-0.39, 0.29) is 11.5 Å². The van der Waals surface area contributed by atoms with Crippen molar-refractivity contribution in [2.45, 2.75) is 45.6 Å². The standard InChI is InChI=1S/C14H21NO/c1-5-16-11-7-6-9(2)12-10(15)8-14(3,4)13(11)12/h6-7,10H,5,8,15H2,1-4H3/t10-/m0/s1. The molecule has 1 aliphatic carbocycles. The summed E-state index contributed by atoms with van der Waals surface area (Å²) in [4.78, 5) is 0. The molecule has 0 aromatic heterocycles. The maximum atomic E-state index is 6.23. The normalized spacial score (nSPS) is 21.9. The van der Waals surface area contributed by atoms with E-state index in [1.54, 1.807) is 0 Å². The zero-order valence-corrected chi connectivity index (χ0v) is 10.6. The third-order valence-electron chi connectivity index (χ3n) is 3.50. The van der Waals surface area contributed by atoms with Crippen LogP contribution in [0.25, 0.3) is 0 Å². The van der Waals surface area contributed by atoms with E-state index in [1.165, 1.54) is 16.7 Å². The number of rotatable bonds is 2. The van der Waals surface area contributed by atoms with Gasteiger partial charge in [-0.3, -0.25) is 0 Å². The monoisotopic (exact) mass is 219 g/mol. The van der Waals surface area contributed by atoms with Crippen molar-refractivity contribution in [3.63, 3.8) is 0 Å². The fourth-order valence-electron chi connectivity index (χ4n) is 2.91. The maximum absolute atomic E-state index is 6.23. The summed E-state index contributed by atoms with van der Waals surface area (Å²) in [5.74, 6) is 1.01. The molecule has 2 rings (SSSR count). The van der Waals surface area contributed by atoms with Crippen LogP contribution in [-0.2, 0) is 5.41 Å². The summed E-state index contributed by atoms with van der Waals surface area (Å²) in [5, 5.41) is 0. The van der Waals surface area contributed by atoms with Crippen LogP contribution in [0.15, 0.2) is 12.1 Å². The van der Waals surface area contributed by atoms with Gasteiger partial charge in [-0.2, -0.15) is 0 Å². The molecule has 16 heavy (non-hydrogen) atoms. The number of aryl methyl sites for hydroxylation is 1. The first-order chi connectivity index (χ1) is 7.47. The smallest absolute Gasteiger partial charge is 0.123 e. The highest BCUT2D eigenvalue weighted by Crippen LogP contribution is 2.49. The lowest BCUT2D eigenvalue weighted by atomic mass is 9.85. The zero-order valence-electron chi connectivity index (χ0n) is 10.6. The molecule has 1 atom stereocenters. The highest BCUT2D eigenvalue weighted by Gasteiger charge is 2.38. The molecule has 2 N–H and O–H groups in total. The average molecular weight is 219 g/mol. The van der Waals surface area contributed by atoms with Crippen LogP contribution in [-0.4, -0.2) is 6.61 Å². The van der Waals surface area contributed by atoms with E-state index in [0.29, 0.717) is 6.61 Å². The molecule has 1 aromatic carbocycles. The summed E-state index contributed by atoms with van der Waals surface area (Å²) in [6.07, 6.45) is 1.01. The molecule has 0 spiro atoms. The number of nitrogens with two attached hydrogens (primary N) is 1. The molecule has 2 heteroatoms. The lowest BCUT2D eigenvalue weighted by Crippen LogP contribution is -2.15. The van der Waals surface area contributed by atoms with Gasteiger partial charge in [0, 0.05) is 11.6 Å². The minimum absolute atomic E-state index is 0.130. The summed E-state index contributed by atoms with van der Waals surface area (Å²) >= 11 is 0. The van der Waals surface area contributed by atoms with E-state index in [9.17, 15) is 0 Å². The average Bonchev–Trinajstić information content (AvgIpc) is 2.43. The molecule has 1 aliphatic rings. The van der Waals surface area contributed by atoms with Crippen molar-refractivity contribution in [2.75, 3.05) is 6.61 Å². The van der Waals surface area contributed by atoms with Crippen LogP contribution in [0.2, 0.25) is 0 Å². The van der Waals surface area contributed by atoms with Gasteiger partial charge in [0.2, 0.25) is 0 Å². The molecule has 0 saturated carbocycles. The molecule has 0 amide bonds. The molecule has 88 valence electrons. The van der Waals surface area contributed by atoms with Crippen LogP contribution in [0.4, 0.5) is 0 Å². The van der Waals surface area contributed by atoms with Gasteiger partial charge in [-0.05, 0) is 42.9 Å². The second kappa shape index (κ2) is 3.77. The summed E-state index contributed by atoms with van der Waals surface area (Å²) < 4.78 is 5.73. The van der Waals surface area contributed by atoms with Crippen molar-refractivity contribution in [3.8, 4) is 5.75 Å². The van der Waals surface area contributed by atoms with Gasteiger partial charge in [0.1, 0.15) is 5.75 Å². The van der Waals surface area contributed by atoms with Gasteiger partial charge in [-0.15, -0.1) is 0 Å². The number of fused-ring (bicyclic) bond motifs is 1. The van der Waals surface area contributed by atoms with E-state index in [0.717, 1.165) is 12.2 Å². The molecule has 0 bridgehead atoms. The van der Waals surface area contributed by atoms with Crippen molar-refractivity contribution in [3.05, 3.63) is 28.8 Å². The number of hydrogen-bond acceptors (Lipinski definition) is 2. The predicted octanol–water partition coefficient (Wildman–Crippen LogP) is 3.07. The molecule has 0 radical (unpaired) electrons. The molecular weight excluding hydrogens is 198 g/mol. The first-order valence-electron chi connectivity index (χ1n) is 5.99. The molecule has 1 aromatic rings. The SMILES string of the molecule is CCOc1ccc(C)c2c1C(C)(C)C[C@@H]2N. The molecule has 0 aliphatic heterocycles. The molecule has 0 heterocycles. The fraction of sp³-hybridized carbons (Fsp3) is 0.571. The van der Waals surface area contributed by atoms with Gasteiger partial charge in [0.25, 0.3) is 0 Å². The first-order valence-corrected chi connectivity index (χ1v) is 5.99. The van der Waals surface area contributed by atoms with Crippen LogP contribution in [0.5, 0.6) is 5.75 Å². The quantitative estimate of drug-likeness (QED) is 0.829. The fourth-order valence-corrected chi connectivity index (χ4v) is 2.91. The van der Waals surface area contributed by atoms with Crippen molar-refractivity contribution in [1.82, 2.24) is 0 Å². The van der Waals surface area contributed by atoms with Crippen LogP contribution >= 0.6 is 0 Å². The van der Waals surface area contributed by atoms with Crippen molar-refractivity contribution in [1.29, 1.82) is 0 Å². The van der Waals surface area contributed by atoms with Crippen LogP contribution < -0.4 is 10.5 Å². The summed E-state index contributed by atoms with van der Waals surface area (Å²) in [6.45, 7) is 9.37. The Balaban J connectivity index is 2.62. The van der Waals surface area contributed by atoms with Crippen LogP contribution in [0, 0.1) is 6.92 Å². The van der Waals surface area contributed by atoms with Gasteiger partial charge in [0.15, 0.2) is 0 Å². The lowest BCUT2D eigenvalue weighted by Gasteiger charge is -2.22. The number of benzene rings is 1. The molecule has 0 saturated heterocycles. The van der Waals surface area contributed by atoms with Crippen molar-refractivity contribution < 1.29 is 4.74 Å². The predicted molar refractivity (Wildman–Crippen MR) is 66.9 cm³/mol. The largest absolute Gasteiger partial charge is 0.494 e. The topological polar surface area (TPSA) is 35.2 Å². The maximum Gasteiger partial charge on any atom is 0.123 e. The Morgan fingerprint density at radius 3 is 2.75 bits per heavy atom. The van der Waals surface area contributed by atoms with Gasteiger partial charge >= 0.3 is 0 Å². The van der Waals surface area contributed by atoms with Gasteiger partial charge in [-0.25, -0.2) is 0 Å². The van der Waals surface area contributed by atoms with E-state index in [2.05, 4.69) is 32.9 Å². The number of ether oxygens (including phenoxy) is 1. The third kappa shape index (κ3) is 1.61. The minimum atomic E-state index is 0.130. The van der Waals surface area contributed by atoms with E-state index in [4.69, 9.17) is 10.5 Å². The highest BCUT2D eigenvalue weighted by atomic mass is 16.5. The van der Waals surface area contributed by atoms with E-state index in [1.807, 2.05) is 6.92 Å². The Bertz CT molecular complexity index is 409. The Morgan fingerprint density at radius 2 is 2.12 bits per heavy atom. The van der Waals surface area contributed by atoms with Crippen molar-refractivity contribution >= 4 is 0 Å². The second-order valence-corrected chi connectivity index (χ2v) is 5.30. The van der Waals surface area contributed by atoms with E-state index >= 15 is 0 Å². The Kier molecular flexibility index (Phi) is 2.70. The Hall–Kier alpha value is -1.02. The molecule has 0 unspecified atom stereocenters. The summed E-state index contributed by atoms with van der Waals surface area (Å²) in [6, 6.07) is 4.35. The molecule has 0 fully saturated rings. The number of hydrogen-bond donors (Lipinski definition) is 1. The molecule has 2 nitrogen and oxygen atoms in total. The summed E-state index contributed by atoms with van der Waals surface area (Å²) in [5.41, 5.74) is 10.3. The lowest BCUT2D eigenvalue weighted by molar-refractivity contribution is 0.328. The Morgan fingerprint density at radius 1 is 1.44 bits per heavy atom. The Labute approximate surface area is 97.8 Å². The molecular formula is C14H21NO. The second-order valence-electron chi connectivity index (χ2n) is 5.30. The minimum Gasteiger partial charge on any atom is -0.494 e. The van der Waals surface area contributed by atoms with E-state index < -0.39 is 0 Å². The third-order valence-corrected chi connectivity index (χ3v) is 3.50. The van der Waals surface area contributed by atoms with Gasteiger partial charge in [-0.1, -0.05) is 19.9 Å². The van der Waals surface area contributed by atoms with Gasteiger partial charge in [0.05, 0.1) is 6.61 Å². The highest BCUT2D eigenvalue weighted by molar-refractivity contribution is 5.53. The first kappa shape index (κ1) is 11.5.